The van der Waals surface area contributed by atoms with Crippen molar-refractivity contribution in [3.05, 3.63) is 48.0 Å². The second-order valence-corrected chi connectivity index (χ2v) is 4.67. The van der Waals surface area contributed by atoms with E-state index in [4.69, 9.17) is 0 Å². The molecule has 0 spiro atoms. The molecule has 2 N–H and O–H groups in total. The Kier molecular flexibility index (Phi) is 3.58. The maximum Gasteiger partial charge on any atom is 0.182 e. The normalized spacial score (nSPS) is 10.8. The fourth-order valence-electron chi connectivity index (χ4n) is 2.17. The number of nitrogens with one attached hydrogen (secondary N) is 2. The predicted octanol–water partition coefficient (Wildman–Crippen LogP) is 2.57. The highest BCUT2D eigenvalue weighted by molar-refractivity contribution is 5.81. The first-order valence-electron chi connectivity index (χ1n) is 6.82. The Balaban J connectivity index is 1.63. The van der Waals surface area contributed by atoms with E-state index >= 15 is 0 Å². The van der Waals surface area contributed by atoms with Gasteiger partial charge in [0.05, 0.1) is 6.33 Å². The van der Waals surface area contributed by atoms with E-state index in [-0.39, 0.29) is 0 Å². The van der Waals surface area contributed by atoms with Crippen molar-refractivity contribution in [1.82, 2.24) is 19.9 Å². The Labute approximate surface area is 117 Å². The minimum absolute atomic E-state index is 0.690. The van der Waals surface area contributed by atoms with Gasteiger partial charge in [0.15, 0.2) is 11.5 Å². The van der Waals surface area contributed by atoms with Crippen LogP contribution >= 0.6 is 0 Å². The number of hydrogen-bond donors (Lipinski definition) is 2. The molecular weight excluding hydrogens is 250 g/mol. The SMILES string of the molecule is CCc1ccc(CCNc2ncnc3nc[nH]c23)cc1. The number of benzene rings is 1. The zero-order chi connectivity index (χ0) is 13.8. The van der Waals surface area contributed by atoms with Crippen LogP contribution in [0.5, 0.6) is 0 Å². The molecule has 3 aromatic rings. The third-order valence-corrected chi connectivity index (χ3v) is 3.36. The van der Waals surface area contributed by atoms with Crippen LogP contribution in [0.4, 0.5) is 5.82 Å². The van der Waals surface area contributed by atoms with Gasteiger partial charge in [-0.1, -0.05) is 31.2 Å². The van der Waals surface area contributed by atoms with Crippen molar-refractivity contribution in [2.24, 2.45) is 0 Å². The molecule has 0 unspecified atom stereocenters. The average Bonchev–Trinajstić information content (AvgIpc) is 2.97. The lowest BCUT2D eigenvalue weighted by atomic mass is 10.1. The third-order valence-electron chi connectivity index (χ3n) is 3.36. The lowest BCUT2D eigenvalue weighted by molar-refractivity contribution is 1.000. The van der Waals surface area contributed by atoms with Gasteiger partial charge in [-0.2, -0.15) is 0 Å². The van der Waals surface area contributed by atoms with Crippen LogP contribution in [0, 0.1) is 0 Å². The topological polar surface area (TPSA) is 66.5 Å². The summed E-state index contributed by atoms with van der Waals surface area (Å²) in [7, 11) is 0. The number of anilines is 1. The molecule has 0 saturated carbocycles. The highest BCUT2D eigenvalue weighted by atomic mass is 15.1. The van der Waals surface area contributed by atoms with Gasteiger partial charge in [0.1, 0.15) is 11.8 Å². The maximum atomic E-state index is 4.24. The first kappa shape index (κ1) is 12.6. The molecule has 102 valence electrons. The van der Waals surface area contributed by atoms with Gasteiger partial charge in [-0.05, 0) is 24.0 Å². The second kappa shape index (κ2) is 5.69. The maximum absolute atomic E-state index is 4.24. The quantitative estimate of drug-likeness (QED) is 0.745. The second-order valence-electron chi connectivity index (χ2n) is 4.67. The monoisotopic (exact) mass is 267 g/mol. The molecule has 0 bridgehead atoms. The molecule has 0 aliphatic rings. The number of rotatable bonds is 5. The first-order chi connectivity index (χ1) is 9.86. The van der Waals surface area contributed by atoms with Crippen LogP contribution in [0.3, 0.4) is 0 Å². The molecule has 0 atom stereocenters. The number of imidazole rings is 1. The van der Waals surface area contributed by atoms with Crippen LogP contribution in [-0.2, 0) is 12.8 Å². The van der Waals surface area contributed by atoms with Crippen LogP contribution < -0.4 is 5.32 Å². The molecule has 2 aromatic heterocycles. The Hall–Kier alpha value is -2.43. The van der Waals surface area contributed by atoms with E-state index in [0.29, 0.717) is 5.65 Å². The van der Waals surface area contributed by atoms with E-state index in [9.17, 15) is 0 Å². The molecular formula is C15H17N5. The van der Waals surface area contributed by atoms with Crippen molar-refractivity contribution in [3.63, 3.8) is 0 Å². The molecule has 3 rings (SSSR count). The van der Waals surface area contributed by atoms with Crippen LogP contribution in [0.1, 0.15) is 18.1 Å². The summed E-state index contributed by atoms with van der Waals surface area (Å²) in [5, 5.41) is 3.33. The Morgan fingerprint density at radius 1 is 1.05 bits per heavy atom. The minimum atomic E-state index is 0.690. The molecule has 5 heteroatoms. The van der Waals surface area contributed by atoms with Gasteiger partial charge in [-0.25, -0.2) is 15.0 Å². The summed E-state index contributed by atoms with van der Waals surface area (Å²) in [5.74, 6) is 0.803. The molecule has 5 nitrogen and oxygen atoms in total. The molecule has 0 amide bonds. The van der Waals surface area contributed by atoms with Gasteiger partial charge in [0.2, 0.25) is 0 Å². The fraction of sp³-hybridized carbons (Fsp3) is 0.267. The Morgan fingerprint density at radius 2 is 1.85 bits per heavy atom. The number of aromatic amines is 1. The highest BCUT2D eigenvalue weighted by Crippen LogP contribution is 2.14. The highest BCUT2D eigenvalue weighted by Gasteiger charge is 2.04. The summed E-state index contributed by atoms with van der Waals surface area (Å²) in [6.07, 6.45) is 5.20. The number of aromatic nitrogens is 4. The molecule has 1 aromatic carbocycles. The molecule has 2 heterocycles. The van der Waals surface area contributed by atoms with E-state index < -0.39 is 0 Å². The number of nitrogens with zero attached hydrogens (tertiary/aromatic N) is 3. The number of H-pyrrole nitrogens is 1. The minimum Gasteiger partial charge on any atom is -0.368 e. The molecule has 0 fully saturated rings. The zero-order valence-electron chi connectivity index (χ0n) is 11.4. The van der Waals surface area contributed by atoms with Crippen molar-refractivity contribution < 1.29 is 0 Å². The summed E-state index contributed by atoms with van der Waals surface area (Å²) in [6.45, 7) is 3.00. The predicted molar refractivity (Wildman–Crippen MR) is 79.7 cm³/mol. The number of hydrogen-bond acceptors (Lipinski definition) is 4. The largest absolute Gasteiger partial charge is 0.368 e. The zero-order valence-corrected chi connectivity index (χ0v) is 11.4. The summed E-state index contributed by atoms with van der Waals surface area (Å²) in [6, 6.07) is 8.75. The van der Waals surface area contributed by atoms with Gasteiger partial charge in [-0.15, -0.1) is 0 Å². The first-order valence-corrected chi connectivity index (χ1v) is 6.82. The van der Waals surface area contributed by atoms with E-state index in [1.807, 2.05) is 0 Å². The van der Waals surface area contributed by atoms with Crippen molar-refractivity contribution in [2.75, 3.05) is 11.9 Å². The van der Waals surface area contributed by atoms with Gasteiger partial charge < -0.3 is 10.3 Å². The van der Waals surface area contributed by atoms with Gasteiger partial charge in [0.25, 0.3) is 0 Å². The summed E-state index contributed by atoms with van der Waals surface area (Å²) < 4.78 is 0. The van der Waals surface area contributed by atoms with E-state index in [1.54, 1.807) is 6.33 Å². The van der Waals surface area contributed by atoms with Crippen LogP contribution in [0.2, 0.25) is 0 Å². The Bertz CT molecular complexity index is 687. The summed E-state index contributed by atoms with van der Waals surface area (Å²) in [5.41, 5.74) is 4.24. The van der Waals surface area contributed by atoms with Crippen LogP contribution in [-0.4, -0.2) is 26.5 Å². The van der Waals surface area contributed by atoms with Crippen LogP contribution in [0.25, 0.3) is 11.2 Å². The van der Waals surface area contributed by atoms with Gasteiger partial charge in [0, 0.05) is 6.54 Å². The molecule has 0 aliphatic carbocycles. The van der Waals surface area contributed by atoms with Crippen molar-refractivity contribution in [3.8, 4) is 0 Å². The lowest BCUT2D eigenvalue weighted by Gasteiger charge is -2.06. The van der Waals surface area contributed by atoms with Crippen molar-refractivity contribution in [1.29, 1.82) is 0 Å². The van der Waals surface area contributed by atoms with E-state index in [2.05, 4.69) is 56.4 Å². The number of fused-ring (bicyclic) bond motifs is 1. The van der Waals surface area contributed by atoms with Crippen molar-refractivity contribution >= 4 is 17.0 Å². The van der Waals surface area contributed by atoms with E-state index in [1.165, 1.54) is 17.5 Å². The number of aryl methyl sites for hydroxylation is 1. The molecule has 0 saturated heterocycles. The molecule has 20 heavy (non-hydrogen) atoms. The van der Waals surface area contributed by atoms with Gasteiger partial charge >= 0.3 is 0 Å². The smallest absolute Gasteiger partial charge is 0.182 e. The molecule has 0 radical (unpaired) electrons. The summed E-state index contributed by atoms with van der Waals surface area (Å²) in [4.78, 5) is 15.5. The van der Waals surface area contributed by atoms with Crippen molar-refractivity contribution in [2.45, 2.75) is 19.8 Å². The lowest BCUT2D eigenvalue weighted by Crippen LogP contribution is -2.07. The summed E-state index contributed by atoms with van der Waals surface area (Å²) >= 11 is 0. The third kappa shape index (κ3) is 2.61. The average molecular weight is 267 g/mol. The standard InChI is InChI=1S/C15H17N5/c1-2-11-3-5-12(6-4-11)7-8-16-14-13-15(18-9-17-13)20-10-19-14/h3-6,9-10H,2,7-8H2,1H3,(H2,16,17,18,19,20). The van der Waals surface area contributed by atoms with E-state index in [0.717, 1.165) is 30.7 Å². The molecule has 0 aliphatic heterocycles. The van der Waals surface area contributed by atoms with Crippen LogP contribution in [0.15, 0.2) is 36.9 Å². The Morgan fingerprint density at radius 3 is 2.65 bits per heavy atom. The van der Waals surface area contributed by atoms with Gasteiger partial charge in [-0.3, -0.25) is 0 Å². The fourth-order valence-corrected chi connectivity index (χ4v) is 2.17.